The molecule has 0 bridgehead atoms. The number of rotatable bonds is 1. The van der Waals surface area contributed by atoms with Crippen LogP contribution < -0.4 is 10.6 Å². The van der Waals surface area contributed by atoms with Crippen LogP contribution in [-0.2, 0) is 22.3 Å². The second kappa shape index (κ2) is 7.09. The molecule has 1 heterocycles. The van der Waals surface area contributed by atoms with Gasteiger partial charge in [0.1, 0.15) is 11.2 Å². The van der Waals surface area contributed by atoms with E-state index in [2.05, 4.69) is 9.97 Å². The molecule has 2 amide bonds. The van der Waals surface area contributed by atoms with Crippen LogP contribution in [0, 0.1) is 0 Å². The highest BCUT2D eigenvalue weighted by Gasteiger charge is 2.36. The van der Waals surface area contributed by atoms with E-state index in [1.807, 2.05) is 18.2 Å². The minimum atomic E-state index is -0.856. The van der Waals surface area contributed by atoms with Gasteiger partial charge in [0.05, 0.1) is 5.69 Å². The summed E-state index contributed by atoms with van der Waals surface area (Å²) in [5.41, 5.74) is 8.64. The molecule has 8 heteroatoms. The Labute approximate surface area is 170 Å². The number of nitrogens with two attached hydrogens (primary N) is 1. The Balaban J connectivity index is 2.03. The molecule has 1 aromatic heterocycles. The number of amides is 2. The topological polar surface area (TPSA) is 111 Å². The van der Waals surface area contributed by atoms with E-state index in [0.29, 0.717) is 17.8 Å². The first-order chi connectivity index (χ1) is 13.4. The van der Waals surface area contributed by atoms with E-state index in [1.165, 1.54) is 0 Å². The number of carbonyl (C=O) groups is 2. The standard InChI is InChI=1S/C21H28N4O4/c1-20(2,3)28-18(26)25(19(27)29-21(4,5)6)17-23-15-11-10-12-13(16(15)24-17)8-7-9-14(12)22/h7-9H,10-11,22H2,1-6H3,(H,23,24). The van der Waals surface area contributed by atoms with Gasteiger partial charge in [0.15, 0.2) is 0 Å². The fourth-order valence-corrected chi connectivity index (χ4v) is 3.12. The molecule has 0 saturated heterocycles. The third-order valence-corrected chi connectivity index (χ3v) is 4.22. The monoisotopic (exact) mass is 400 g/mol. The largest absolute Gasteiger partial charge is 0.443 e. The maximum Gasteiger partial charge on any atom is 0.427 e. The van der Waals surface area contributed by atoms with Gasteiger partial charge in [-0.25, -0.2) is 14.6 Å². The summed E-state index contributed by atoms with van der Waals surface area (Å²) in [7, 11) is 0. The molecule has 3 N–H and O–H groups in total. The molecule has 8 nitrogen and oxygen atoms in total. The summed E-state index contributed by atoms with van der Waals surface area (Å²) in [5, 5.41) is 0. The van der Waals surface area contributed by atoms with Crippen LogP contribution >= 0.6 is 0 Å². The number of nitrogen functional groups attached to an aromatic ring is 1. The molecule has 3 rings (SSSR count). The highest BCUT2D eigenvalue weighted by Crippen LogP contribution is 2.36. The van der Waals surface area contributed by atoms with Gasteiger partial charge in [-0.2, -0.15) is 0 Å². The minimum Gasteiger partial charge on any atom is -0.443 e. The molecule has 0 atom stereocenters. The first-order valence-corrected chi connectivity index (χ1v) is 9.58. The fourth-order valence-electron chi connectivity index (χ4n) is 3.12. The Morgan fingerprint density at radius 1 is 1.03 bits per heavy atom. The predicted molar refractivity (Wildman–Crippen MR) is 111 cm³/mol. The molecule has 0 aliphatic heterocycles. The van der Waals surface area contributed by atoms with Gasteiger partial charge in [-0.1, -0.05) is 12.1 Å². The minimum absolute atomic E-state index is 0.0637. The first-order valence-electron chi connectivity index (χ1n) is 9.58. The van der Waals surface area contributed by atoms with Crippen LogP contribution in [-0.4, -0.2) is 33.4 Å². The molecule has 1 aromatic carbocycles. The zero-order valence-corrected chi connectivity index (χ0v) is 17.8. The van der Waals surface area contributed by atoms with Crippen molar-refractivity contribution in [3.8, 4) is 11.3 Å². The lowest BCUT2D eigenvalue weighted by molar-refractivity contribution is 0.0427. The lowest BCUT2D eigenvalue weighted by atomic mass is 9.91. The third-order valence-electron chi connectivity index (χ3n) is 4.22. The Bertz CT molecular complexity index is 923. The van der Waals surface area contributed by atoms with Gasteiger partial charge in [-0.15, -0.1) is 4.90 Å². The smallest absolute Gasteiger partial charge is 0.427 e. The van der Waals surface area contributed by atoms with Gasteiger partial charge in [-0.05, 0) is 66.0 Å². The Hall–Kier alpha value is -3.03. The number of ether oxygens (including phenoxy) is 2. The van der Waals surface area contributed by atoms with Gasteiger partial charge in [-0.3, -0.25) is 0 Å². The average Bonchev–Trinajstić information content (AvgIpc) is 2.95. The van der Waals surface area contributed by atoms with E-state index in [1.54, 1.807) is 41.5 Å². The van der Waals surface area contributed by atoms with Crippen LogP contribution in [0.5, 0.6) is 0 Å². The summed E-state index contributed by atoms with van der Waals surface area (Å²) in [4.78, 5) is 34.1. The van der Waals surface area contributed by atoms with E-state index < -0.39 is 23.4 Å². The number of H-pyrrole nitrogens is 1. The van der Waals surface area contributed by atoms with Gasteiger partial charge >= 0.3 is 12.2 Å². The first kappa shape index (κ1) is 20.7. The van der Waals surface area contributed by atoms with Crippen LogP contribution in [0.15, 0.2) is 18.2 Å². The number of nitrogens with one attached hydrogen (secondary N) is 1. The SMILES string of the molecule is CC(C)(C)OC(=O)N(C(=O)OC(C)(C)C)c1nc2c([nH]1)CCc1c(N)cccc1-2. The van der Waals surface area contributed by atoms with Crippen LogP contribution in [0.25, 0.3) is 11.3 Å². The zero-order valence-electron chi connectivity index (χ0n) is 17.8. The molecule has 1 aliphatic carbocycles. The van der Waals surface area contributed by atoms with E-state index >= 15 is 0 Å². The molecule has 1 aliphatic rings. The quantitative estimate of drug-likeness (QED) is 0.685. The van der Waals surface area contributed by atoms with Crippen molar-refractivity contribution in [1.82, 2.24) is 9.97 Å². The number of aromatic nitrogens is 2. The van der Waals surface area contributed by atoms with Crippen molar-refractivity contribution < 1.29 is 19.1 Å². The molecular formula is C21H28N4O4. The Morgan fingerprint density at radius 2 is 1.62 bits per heavy atom. The van der Waals surface area contributed by atoms with Crippen molar-refractivity contribution in [3.05, 3.63) is 29.5 Å². The number of imidazole rings is 1. The number of hydrogen-bond donors (Lipinski definition) is 2. The lowest BCUT2D eigenvalue weighted by Crippen LogP contribution is -2.44. The molecule has 156 valence electrons. The van der Waals surface area contributed by atoms with Crippen molar-refractivity contribution >= 4 is 23.8 Å². The maximum absolute atomic E-state index is 12.8. The number of hydrogen-bond acceptors (Lipinski definition) is 6. The number of aryl methyl sites for hydroxylation is 1. The van der Waals surface area contributed by atoms with Crippen molar-refractivity contribution in [3.63, 3.8) is 0 Å². The Kier molecular flexibility index (Phi) is 5.06. The van der Waals surface area contributed by atoms with Gasteiger partial charge < -0.3 is 20.2 Å². The zero-order chi connectivity index (χ0) is 21.6. The Morgan fingerprint density at radius 3 is 2.17 bits per heavy atom. The summed E-state index contributed by atoms with van der Waals surface area (Å²) in [5.74, 6) is 0.0637. The molecule has 2 aromatic rings. The molecule has 0 fully saturated rings. The van der Waals surface area contributed by atoms with E-state index in [0.717, 1.165) is 28.1 Å². The number of fused-ring (bicyclic) bond motifs is 3. The number of imide groups is 1. The molecule has 0 spiro atoms. The van der Waals surface area contributed by atoms with Crippen molar-refractivity contribution in [2.75, 3.05) is 10.6 Å². The number of aromatic amines is 1. The van der Waals surface area contributed by atoms with Gasteiger partial charge in [0.25, 0.3) is 0 Å². The van der Waals surface area contributed by atoms with Crippen LogP contribution in [0.1, 0.15) is 52.8 Å². The normalized spacial score (nSPS) is 13.3. The fraction of sp³-hybridized carbons (Fsp3) is 0.476. The van der Waals surface area contributed by atoms with Crippen LogP contribution in [0.4, 0.5) is 21.2 Å². The molecular weight excluding hydrogens is 372 g/mol. The number of carbonyl (C=O) groups excluding carboxylic acids is 2. The maximum atomic E-state index is 12.8. The second-order valence-electron chi connectivity index (χ2n) is 9.06. The highest BCUT2D eigenvalue weighted by molar-refractivity contribution is 6.08. The number of benzene rings is 1. The third kappa shape index (κ3) is 4.52. The summed E-state index contributed by atoms with van der Waals surface area (Å²) < 4.78 is 10.8. The van der Waals surface area contributed by atoms with Crippen molar-refractivity contribution in [1.29, 1.82) is 0 Å². The molecule has 0 unspecified atom stereocenters. The predicted octanol–water partition coefficient (Wildman–Crippen LogP) is 4.43. The summed E-state index contributed by atoms with van der Waals surface area (Å²) in [6.45, 7) is 10.4. The summed E-state index contributed by atoms with van der Waals surface area (Å²) in [6.07, 6.45) is -0.300. The van der Waals surface area contributed by atoms with Gasteiger partial charge in [0.2, 0.25) is 5.95 Å². The van der Waals surface area contributed by atoms with E-state index in [-0.39, 0.29) is 5.95 Å². The van der Waals surface area contributed by atoms with Crippen molar-refractivity contribution in [2.45, 2.75) is 65.6 Å². The lowest BCUT2D eigenvalue weighted by Gasteiger charge is -2.27. The molecule has 0 radical (unpaired) electrons. The van der Waals surface area contributed by atoms with E-state index in [4.69, 9.17) is 15.2 Å². The highest BCUT2D eigenvalue weighted by atomic mass is 16.6. The number of anilines is 2. The molecule has 0 saturated carbocycles. The van der Waals surface area contributed by atoms with Gasteiger partial charge in [0, 0.05) is 16.9 Å². The van der Waals surface area contributed by atoms with Crippen LogP contribution in [0.2, 0.25) is 0 Å². The number of nitrogens with zero attached hydrogens (tertiary/aromatic N) is 2. The second-order valence-corrected chi connectivity index (χ2v) is 9.06. The van der Waals surface area contributed by atoms with Crippen LogP contribution in [0.3, 0.4) is 0 Å². The summed E-state index contributed by atoms with van der Waals surface area (Å²) >= 11 is 0. The summed E-state index contributed by atoms with van der Waals surface area (Å²) in [6, 6.07) is 5.64. The van der Waals surface area contributed by atoms with Crippen molar-refractivity contribution in [2.24, 2.45) is 0 Å². The average molecular weight is 400 g/mol. The molecule has 29 heavy (non-hydrogen) atoms. The van der Waals surface area contributed by atoms with E-state index in [9.17, 15) is 9.59 Å².